The van der Waals surface area contributed by atoms with Crippen molar-refractivity contribution in [2.75, 3.05) is 5.32 Å². The summed E-state index contributed by atoms with van der Waals surface area (Å²) in [7, 11) is 0. The van der Waals surface area contributed by atoms with Crippen molar-refractivity contribution < 1.29 is 19.1 Å². The predicted octanol–water partition coefficient (Wildman–Crippen LogP) is 4.91. The van der Waals surface area contributed by atoms with Crippen molar-refractivity contribution >= 4 is 49.6 Å². The molecule has 23 heavy (non-hydrogen) atoms. The third-order valence-electron chi connectivity index (χ3n) is 2.18. The van der Waals surface area contributed by atoms with Gasteiger partial charge < -0.3 is 9.47 Å². The third-order valence-corrected chi connectivity index (χ3v) is 3.16. The molecule has 1 heterocycles. The SMILES string of the molecule is CC(C)(C)OC(=O)Nc1cc(Br)nc(Br)c1C(=O)OC(C)(C)C. The van der Waals surface area contributed by atoms with Crippen molar-refractivity contribution in [2.45, 2.75) is 52.7 Å². The quantitative estimate of drug-likeness (QED) is 0.510. The van der Waals surface area contributed by atoms with Gasteiger partial charge in [-0.25, -0.2) is 14.6 Å². The van der Waals surface area contributed by atoms with E-state index in [1.54, 1.807) is 41.5 Å². The van der Waals surface area contributed by atoms with Gasteiger partial charge in [0.05, 0.1) is 5.69 Å². The molecule has 0 fully saturated rings. The number of rotatable bonds is 2. The molecule has 128 valence electrons. The Morgan fingerprint density at radius 1 is 1.04 bits per heavy atom. The Morgan fingerprint density at radius 3 is 2.04 bits per heavy atom. The summed E-state index contributed by atoms with van der Waals surface area (Å²) in [6, 6.07) is 1.51. The maximum absolute atomic E-state index is 12.4. The lowest BCUT2D eigenvalue weighted by atomic mass is 10.1. The molecule has 0 bridgehead atoms. The normalized spacial score (nSPS) is 11.8. The summed E-state index contributed by atoms with van der Waals surface area (Å²) >= 11 is 6.45. The van der Waals surface area contributed by atoms with Gasteiger partial charge in [-0.2, -0.15) is 0 Å². The van der Waals surface area contributed by atoms with Gasteiger partial charge in [-0.1, -0.05) is 0 Å². The van der Waals surface area contributed by atoms with Crippen LogP contribution in [0.5, 0.6) is 0 Å². The molecule has 0 saturated heterocycles. The zero-order chi connectivity index (χ0) is 18.0. The first-order chi connectivity index (χ1) is 10.3. The number of halogens is 2. The first kappa shape index (κ1) is 19.9. The maximum Gasteiger partial charge on any atom is 0.412 e. The highest BCUT2D eigenvalue weighted by molar-refractivity contribution is 9.11. The number of hydrogen-bond acceptors (Lipinski definition) is 5. The summed E-state index contributed by atoms with van der Waals surface area (Å²) in [6.45, 7) is 10.5. The number of anilines is 1. The molecule has 1 aromatic rings. The average Bonchev–Trinajstić information content (AvgIpc) is 2.21. The number of aromatic nitrogens is 1. The first-order valence-electron chi connectivity index (χ1n) is 6.88. The molecule has 1 amide bonds. The summed E-state index contributed by atoms with van der Waals surface area (Å²) in [5.41, 5.74) is -0.971. The second-order valence-electron chi connectivity index (χ2n) is 6.79. The second-order valence-corrected chi connectivity index (χ2v) is 8.35. The average molecular weight is 452 g/mol. The first-order valence-corrected chi connectivity index (χ1v) is 8.46. The van der Waals surface area contributed by atoms with E-state index in [1.807, 2.05) is 0 Å². The van der Waals surface area contributed by atoms with Crippen LogP contribution in [0, 0.1) is 0 Å². The number of nitrogens with zero attached hydrogens (tertiary/aromatic N) is 1. The Bertz CT molecular complexity index is 619. The highest BCUT2D eigenvalue weighted by Crippen LogP contribution is 2.29. The smallest absolute Gasteiger partial charge is 0.412 e. The molecule has 0 saturated carbocycles. The van der Waals surface area contributed by atoms with Crippen LogP contribution in [0.25, 0.3) is 0 Å². The Labute approximate surface area is 152 Å². The molecule has 8 heteroatoms. The van der Waals surface area contributed by atoms with Crippen molar-refractivity contribution in [1.82, 2.24) is 4.98 Å². The van der Waals surface area contributed by atoms with E-state index < -0.39 is 23.3 Å². The van der Waals surface area contributed by atoms with Gasteiger partial charge in [0.15, 0.2) is 0 Å². The minimum atomic E-state index is -0.674. The van der Waals surface area contributed by atoms with Gasteiger partial charge >= 0.3 is 12.1 Å². The Balaban J connectivity index is 3.16. The number of esters is 1. The molecular weight excluding hydrogens is 432 g/mol. The molecule has 0 unspecified atom stereocenters. The van der Waals surface area contributed by atoms with Gasteiger partial charge in [0.1, 0.15) is 26.0 Å². The lowest BCUT2D eigenvalue weighted by Gasteiger charge is -2.22. The van der Waals surface area contributed by atoms with E-state index in [0.717, 1.165) is 0 Å². The molecule has 0 aromatic carbocycles. The summed E-state index contributed by atoms with van der Waals surface area (Å²) in [5.74, 6) is -0.601. The van der Waals surface area contributed by atoms with Gasteiger partial charge in [-0.3, -0.25) is 5.32 Å². The Morgan fingerprint density at radius 2 is 1.57 bits per heavy atom. The van der Waals surface area contributed by atoms with Crippen molar-refractivity contribution in [3.63, 3.8) is 0 Å². The third kappa shape index (κ3) is 6.87. The number of carbonyl (C=O) groups excluding carboxylic acids is 2. The molecule has 0 aliphatic carbocycles. The van der Waals surface area contributed by atoms with Crippen molar-refractivity contribution in [3.8, 4) is 0 Å². The van der Waals surface area contributed by atoms with Crippen LogP contribution in [0.4, 0.5) is 10.5 Å². The summed E-state index contributed by atoms with van der Waals surface area (Å²) in [6.07, 6.45) is -0.674. The van der Waals surface area contributed by atoms with Gasteiger partial charge in [0.2, 0.25) is 0 Å². The van der Waals surface area contributed by atoms with E-state index >= 15 is 0 Å². The van der Waals surface area contributed by atoms with Crippen molar-refractivity contribution in [2.24, 2.45) is 0 Å². The molecule has 1 N–H and O–H groups in total. The van der Waals surface area contributed by atoms with E-state index in [9.17, 15) is 9.59 Å². The lowest BCUT2D eigenvalue weighted by molar-refractivity contribution is 0.00692. The number of nitrogens with one attached hydrogen (secondary N) is 1. The van der Waals surface area contributed by atoms with Crippen LogP contribution in [-0.2, 0) is 9.47 Å². The number of hydrogen-bond donors (Lipinski definition) is 1. The monoisotopic (exact) mass is 450 g/mol. The molecule has 0 aliphatic heterocycles. The van der Waals surface area contributed by atoms with Crippen LogP contribution >= 0.6 is 31.9 Å². The molecule has 1 rings (SSSR count). The zero-order valence-electron chi connectivity index (χ0n) is 13.9. The largest absolute Gasteiger partial charge is 0.456 e. The second kappa shape index (κ2) is 7.17. The van der Waals surface area contributed by atoms with E-state index in [-0.39, 0.29) is 15.9 Å². The van der Waals surface area contributed by atoms with Gasteiger partial charge in [0, 0.05) is 0 Å². The fraction of sp³-hybridized carbons (Fsp3) is 0.533. The van der Waals surface area contributed by atoms with E-state index in [4.69, 9.17) is 9.47 Å². The van der Waals surface area contributed by atoms with Crippen molar-refractivity contribution in [3.05, 3.63) is 20.8 Å². The standard InChI is InChI=1S/C15H20Br2N2O4/c1-14(2,3)22-12(20)10-8(7-9(16)19-11(10)17)18-13(21)23-15(4,5)6/h7H,1-6H3,(H,18,19,21). The van der Waals surface area contributed by atoms with Crippen LogP contribution in [0.1, 0.15) is 51.9 Å². The highest BCUT2D eigenvalue weighted by Gasteiger charge is 2.26. The highest BCUT2D eigenvalue weighted by atomic mass is 79.9. The molecule has 1 aromatic heterocycles. The van der Waals surface area contributed by atoms with E-state index in [2.05, 4.69) is 42.2 Å². The molecule has 0 atom stereocenters. The minimum absolute atomic E-state index is 0.119. The molecule has 6 nitrogen and oxygen atoms in total. The summed E-state index contributed by atoms with van der Waals surface area (Å²) < 4.78 is 11.3. The van der Waals surface area contributed by atoms with Gasteiger partial charge in [-0.15, -0.1) is 0 Å². The summed E-state index contributed by atoms with van der Waals surface area (Å²) in [5, 5.41) is 2.55. The van der Waals surface area contributed by atoms with Crippen LogP contribution in [-0.4, -0.2) is 28.2 Å². The van der Waals surface area contributed by atoms with Crippen LogP contribution in [0.2, 0.25) is 0 Å². The predicted molar refractivity (Wildman–Crippen MR) is 94.7 cm³/mol. The molecule has 0 spiro atoms. The van der Waals surface area contributed by atoms with Crippen LogP contribution in [0.15, 0.2) is 15.3 Å². The number of amides is 1. The van der Waals surface area contributed by atoms with Crippen LogP contribution in [0.3, 0.4) is 0 Å². The fourth-order valence-electron chi connectivity index (χ4n) is 1.52. The Kier molecular flexibility index (Phi) is 6.20. The molecular formula is C15H20Br2N2O4. The maximum atomic E-state index is 12.4. The Hall–Kier alpha value is -1.15. The van der Waals surface area contributed by atoms with Crippen molar-refractivity contribution in [1.29, 1.82) is 0 Å². The topological polar surface area (TPSA) is 77.5 Å². The van der Waals surface area contributed by atoms with Gasteiger partial charge in [0.25, 0.3) is 0 Å². The molecule has 0 aliphatic rings. The minimum Gasteiger partial charge on any atom is -0.456 e. The number of carbonyl (C=O) groups is 2. The summed E-state index contributed by atoms with van der Waals surface area (Å²) in [4.78, 5) is 28.5. The van der Waals surface area contributed by atoms with E-state index in [0.29, 0.717) is 4.60 Å². The fourth-order valence-corrected chi connectivity index (χ4v) is 2.73. The number of ether oxygens (including phenoxy) is 2. The van der Waals surface area contributed by atoms with E-state index in [1.165, 1.54) is 6.07 Å². The molecule has 0 radical (unpaired) electrons. The zero-order valence-corrected chi connectivity index (χ0v) is 17.1. The van der Waals surface area contributed by atoms with Gasteiger partial charge in [-0.05, 0) is 79.5 Å². The lowest BCUT2D eigenvalue weighted by Crippen LogP contribution is -2.29. The number of pyridine rings is 1. The van der Waals surface area contributed by atoms with Crippen LogP contribution < -0.4 is 5.32 Å².